The van der Waals surface area contributed by atoms with Gasteiger partial charge in [-0.2, -0.15) is 0 Å². The molecule has 0 aliphatic carbocycles. The summed E-state index contributed by atoms with van der Waals surface area (Å²) in [5.41, 5.74) is 1.24. The highest BCUT2D eigenvalue weighted by atomic mass is 16.3. The second-order valence-corrected chi connectivity index (χ2v) is 4.78. The maximum Gasteiger partial charge on any atom is 0.164 e. The van der Waals surface area contributed by atoms with Gasteiger partial charge in [-0.1, -0.05) is 36.4 Å². The predicted octanol–water partition coefficient (Wildman–Crippen LogP) is 2.83. The van der Waals surface area contributed by atoms with Crippen LogP contribution in [0, 0.1) is 0 Å². The van der Waals surface area contributed by atoms with Crippen LogP contribution in [-0.4, -0.2) is 0 Å². The summed E-state index contributed by atoms with van der Waals surface area (Å²) >= 11 is 0. The Morgan fingerprint density at radius 1 is 1.22 bits per heavy atom. The van der Waals surface area contributed by atoms with Crippen molar-refractivity contribution in [3.8, 4) is 0 Å². The number of nitrogens with two attached hydrogens (primary N) is 1. The van der Waals surface area contributed by atoms with Crippen LogP contribution < -0.4 is 5.32 Å². The number of hydrogen-bond donors (Lipinski definition) is 1. The summed E-state index contributed by atoms with van der Waals surface area (Å²) in [6, 6.07) is 14.4. The van der Waals surface area contributed by atoms with Crippen LogP contribution in [0.1, 0.15) is 24.7 Å². The number of furan rings is 1. The van der Waals surface area contributed by atoms with Crippen LogP contribution in [-0.2, 0) is 12.1 Å². The van der Waals surface area contributed by atoms with E-state index < -0.39 is 0 Å². The molecule has 0 saturated heterocycles. The molecule has 0 aliphatic rings. The summed E-state index contributed by atoms with van der Waals surface area (Å²) in [4.78, 5) is 0. The predicted molar refractivity (Wildman–Crippen MR) is 72.9 cm³/mol. The number of benzene rings is 1. The Balaban J connectivity index is 2.09. The highest BCUT2D eigenvalue weighted by Gasteiger charge is 2.31. The molecule has 0 spiro atoms. The lowest BCUT2D eigenvalue weighted by molar-refractivity contribution is -0.749. The molecule has 0 amide bonds. The highest BCUT2D eigenvalue weighted by molar-refractivity contribution is 5.14. The molecule has 2 aromatic rings. The Morgan fingerprint density at radius 3 is 2.61 bits per heavy atom. The zero-order valence-corrected chi connectivity index (χ0v) is 10.8. The van der Waals surface area contributed by atoms with Crippen LogP contribution in [0.25, 0.3) is 0 Å². The van der Waals surface area contributed by atoms with Crippen molar-refractivity contribution in [2.24, 2.45) is 0 Å². The van der Waals surface area contributed by atoms with E-state index >= 15 is 0 Å². The van der Waals surface area contributed by atoms with Gasteiger partial charge >= 0.3 is 0 Å². The zero-order chi connectivity index (χ0) is 12.8. The fourth-order valence-corrected chi connectivity index (χ4v) is 2.15. The molecule has 1 heterocycles. The Hall–Kier alpha value is -1.80. The van der Waals surface area contributed by atoms with Gasteiger partial charge < -0.3 is 9.73 Å². The van der Waals surface area contributed by atoms with Crippen LogP contribution in [0.3, 0.4) is 0 Å². The first-order valence-electron chi connectivity index (χ1n) is 6.28. The van der Waals surface area contributed by atoms with Crippen molar-refractivity contribution in [2.75, 3.05) is 0 Å². The summed E-state index contributed by atoms with van der Waals surface area (Å²) in [6.45, 7) is 6.98. The first kappa shape index (κ1) is 12.7. The first-order valence-corrected chi connectivity index (χ1v) is 6.28. The minimum Gasteiger partial charge on any atom is -0.463 e. The smallest absolute Gasteiger partial charge is 0.164 e. The van der Waals surface area contributed by atoms with Gasteiger partial charge in [0.1, 0.15) is 6.54 Å². The third kappa shape index (κ3) is 2.90. The van der Waals surface area contributed by atoms with Crippen molar-refractivity contribution >= 4 is 0 Å². The van der Waals surface area contributed by atoms with E-state index in [-0.39, 0.29) is 5.54 Å². The van der Waals surface area contributed by atoms with E-state index in [0.717, 1.165) is 18.7 Å². The molecule has 94 valence electrons. The Morgan fingerprint density at radius 2 is 2.00 bits per heavy atom. The van der Waals surface area contributed by atoms with E-state index in [1.165, 1.54) is 5.56 Å². The topological polar surface area (TPSA) is 29.8 Å². The lowest BCUT2D eigenvalue weighted by Crippen LogP contribution is -2.92. The molecule has 1 aromatic carbocycles. The molecule has 1 atom stereocenters. The van der Waals surface area contributed by atoms with E-state index in [9.17, 15) is 0 Å². The minimum atomic E-state index is -0.0823. The number of quaternary nitrogens is 1. The fraction of sp³-hybridized carbons (Fsp3) is 0.250. The van der Waals surface area contributed by atoms with Gasteiger partial charge in [0, 0.05) is 12.0 Å². The Kier molecular flexibility index (Phi) is 4.00. The van der Waals surface area contributed by atoms with Gasteiger partial charge in [0.2, 0.25) is 0 Å². The van der Waals surface area contributed by atoms with Crippen molar-refractivity contribution in [3.63, 3.8) is 0 Å². The third-order valence-electron chi connectivity index (χ3n) is 3.28. The molecule has 2 heteroatoms. The monoisotopic (exact) mass is 242 g/mol. The van der Waals surface area contributed by atoms with Crippen molar-refractivity contribution in [1.82, 2.24) is 0 Å². The first-order chi connectivity index (χ1) is 8.74. The van der Waals surface area contributed by atoms with Gasteiger partial charge in [-0.05, 0) is 19.1 Å². The molecular formula is C16H20NO+. The van der Waals surface area contributed by atoms with Gasteiger partial charge in [0.15, 0.2) is 11.3 Å². The summed E-state index contributed by atoms with van der Waals surface area (Å²) in [5, 5.41) is 2.31. The second kappa shape index (κ2) is 5.69. The largest absolute Gasteiger partial charge is 0.463 e. The van der Waals surface area contributed by atoms with Crippen molar-refractivity contribution < 1.29 is 9.73 Å². The lowest BCUT2D eigenvalue weighted by atomic mass is 9.94. The molecule has 0 fully saturated rings. The summed E-state index contributed by atoms with van der Waals surface area (Å²) in [6.07, 6.45) is 4.56. The fourth-order valence-electron chi connectivity index (χ4n) is 2.15. The van der Waals surface area contributed by atoms with E-state index in [0.29, 0.717) is 0 Å². The van der Waals surface area contributed by atoms with Crippen molar-refractivity contribution in [2.45, 2.75) is 25.4 Å². The number of rotatable bonds is 6. The quantitative estimate of drug-likeness (QED) is 0.776. The number of hydrogen-bond acceptors (Lipinski definition) is 1. The molecule has 2 nitrogen and oxygen atoms in total. The molecule has 18 heavy (non-hydrogen) atoms. The normalized spacial score (nSPS) is 14.1. The summed E-state index contributed by atoms with van der Waals surface area (Å²) in [5.74, 6) is 0.998. The highest BCUT2D eigenvalue weighted by Crippen LogP contribution is 2.21. The summed E-state index contributed by atoms with van der Waals surface area (Å²) in [7, 11) is 0. The van der Waals surface area contributed by atoms with Crippen LogP contribution >= 0.6 is 0 Å². The molecule has 0 saturated carbocycles. The third-order valence-corrected chi connectivity index (χ3v) is 3.28. The maximum atomic E-state index is 5.56. The van der Waals surface area contributed by atoms with E-state index in [1.807, 2.05) is 24.3 Å². The van der Waals surface area contributed by atoms with Crippen LogP contribution in [0.2, 0.25) is 0 Å². The van der Waals surface area contributed by atoms with E-state index in [1.54, 1.807) is 6.26 Å². The standard InChI is InChI=1S/C16H19NO/c1-3-11-16(2,15-10-7-12-18-15)17-13-14-8-5-4-6-9-14/h3-10,12,17H,1,11,13H2,2H3/p+1/t16-/m1/s1. The van der Waals surface area contributed by atoms with Crippen molar-refractivity contribution in [1.29, 1.82) is 0 Å². The average Bonchev–Trinajstić information content (AvgIpc) is 2.93. The Bertz CT molecular complexity index is 475. The van der Waals surface area contributed by atoms with Gasteiger partial charge in [-0.3, -0.25) is 0 Å². The lowest BCUT2D eigenvalue weighted by Gasteiger charge is -2.24. The summed E-state index contributed by atoms with van der Waals surface area (Å²) < 4.78 is 5.56. The molecular weight excluding hydrogens is 222 g/mol. The van der Waals surface area contributed by atoms with Gasteiger partial charge in [-0.25, -0.2) is 0 Å². The van der Waals surface area contributed by atoms with E-state index in [2.05, 4.69) is 43.1 Å². The maximum absolute atomic E-state index is 5.56. The van der Waals surface area contributed by atoms with Gasteiger partial charge in [-0.15, -0.1) is 6.58 Å². The molecule has 0 unspecified atom stereocenters. The molecule has 1 aromatic heterocycles. The van der Waals surface area contributed by atoms with Crippen molar-refractivity contribution in [3.05, 3.63) is 72.7 Å². The molecule has 2 rings (SSSR count). The molecule has 0 aliphatic heterocycles. The average molecular weight is 242 g/mol. The van der Waals surface area contributed by atoms with Crippen LogP contribution in [0.4, 0.5) is 0 Å². The van der Waals surface area contributed by atoms with Crippen LogP contribution in [0.5, 0.6) is 0 Å². The molecule has 0 radical (unpaired) electrons. The minimum absolute atomic E-state index is 0.0823. The zero-order valence-electron chi connectivity index (χ0n) is 10.8. The Labute approximate surface area is 108 Å². The molecule has 0 bridgehead atoms. The van der Waals surface area contributed by atoms with E-state index in [4.69, 9.17) is 4.42 Å². The SMILES string of the molecule is C=CC[C@@](C)([NH2+]Cc1ccccc1)c1ccco1. The van der Waals surface area contributed by atoms with Gasteiger partial charge in [0.25, 0.3) is 0 Å². The molecule has 2 N–H and O–H groups in total. The second-order valence-electron chi connectivity index (χ2n) is 4.78. The van der Waals surface area contributed by atoms with Gasteiger partial charge in [0.05, 0.1) is 6.26 Å². The van der Waals surface area contributed by atoms with Crippen LogP contribution in [0.15, 0.2) is 65.8 Å².